The van der Waals surface area contributed by atoms with E-state index in [2.05, 4.69) is 115 Å². The Kier molecular flexibility index (Phi) is 5.47. The van der Waals surface area contributed by atoms with Crippen molar-refractivity contribution < 1.29 is 0 Å². The molecule has 2 aliphatic rings. The summed E-state index contributed by atoms with van der Waals surface area (Å²) in [5.41, 5.74) is 9.88. The summed E-state index contributed by atoms with van der Waals surface area (Å²) in [6, 6.07) is 44.3. The molecule has 0 amide bonds. The maximum absolute atomic E-state index is 5.16. The molecule has 0 saturated heterocycles. The minimum Gasteiger partial charge on any atom is -0.324 e. The zero-order valence-electron chi connectivity index (χ0n) is 23.5. The van der Waals surface area contributed by atoms with Gasteiger partial charge in [-0.3, -0.25) is 4.57 Å². The van der Waals surface area contributed by atoms with Gasteiger partial charge in [-0.1, -0.05) is 103 Å². The van der Waals surface area contributed by atoms with Crippen LogP contribution in [-0.4, -0.2) is 21.2 Å². The molecule has 0 fully saturated rings. The van der Waals surface area contributed by atoms with Crippen LogP contribution in [0.1, 0.15) is 48.1 Å². The third-order valence-corrected chi connectivity index (χ3v) is 8.39. The quantitative estimate of drug-likeness (QED) is 0.246. The third kappa shape index (κ3) is 3.89. The highest BCUT2D eigenvalue weighted by Crippen LogP contribution is 2.44. The van der Waals surface area contributed by atoms with Crippen LogP contribution < -0.4 is 5.32 Å². The maximum Gasteiger partial charge on any atom is 0.169 e. The van der Waals surface area contributed by atoms with Crippen molar-refractivity contribution in [1.82, 2.24) is 14.9 Å². The van der Waals surface area contributed by atoms with E-state index < -0.39 is 0 Å². The van der Waals surface area contributed by atoms with E-state index in [-0.39, 0.29) is 11.6 Å². The van der Waals surface area contributed by atoms with Gasteiger partial charge in [0, 0.05) is 11.1 Å². The van der Waals surface area contributed by atoms with Gasteiger partial charge in [-0.05, 0) is 60.4 Å². The molecule has 1 N–H and O–H groups in total. The highest BCUT2D eigenvalue weighted by atomic mass is 15.2. The molecule has 2 aliphatic heterocycles. The molecular weight excluding hydrogens is 514 g/mol. The predicted octanol–water partition coefficient (Wildman–Crippen LogP) is 7.83. The maximum atomic E-state index is 5.16. The van der Waals surface area contributed by atoms with Gasteiger partial charge in [-0.2, -0.15) is 0 Å². The van der Waals surface area contributed by atoms with Gasteiger partial charge in [0.1, 0.15) is 17.5 Å². The molecule has 1 unspecified atom stereocenters. The van der Waals surface area contributed by atoms with Crippen molar-refractivity contribution in [2.45, 2.75) is 25.4 Å². The summed E-state index contributed by atoms with van der Waals surface area (Å²) in [4.78, 5) is 15.2. The summed E-state index contributed by atoms with van der Waals surface area (Å²) in [7, 11) is 0. The van der Waals surface area contributed by atoms with Gasteiger partial charge in [0.05, 0.1) is 22.1 Å². The molecule has 0 aliphatic carbocycles. The second-order valence-electron chi connectivity index (χ2n) is 11.4. The molecule has 6 aromatic rings. The molecule has 8 rings (SSSR count). The van der Waals surface area contributed by atoms with Crippen LogP contribution in [0.5, 0.6) is 0 Å². The van der Waals surface area contributed by atoms with E-state index in [1.807, 2.05) is 36.4 Å². The Morgan fingerprint density at radius 2 is 1.26 bits per heavy atom. The Labute approximate surface area is 244 Å². The number of aromatic nitrogens is 2. The SMILES string of the molecule is CC1(C)c2ccccc2-n2c1nc1cc(-c3cccc(C4=NC(c5ccccc5)N=C(c5ccccc5)N4)c3)ccc12. The minimum absolute atomic E-state index is 0.145. The summed E-state index contributed by atoms with van der Waals surface area (Å²) in [6.45, 7) is 4.52. The zero-order valence-corrected chi connectivity index (χ0v) is 23.5. The number of rotatable bonds is 4. The minimum atomic E-state index is -0.322. The largest absolute Gasteiger partial charge is 0.324 e. The van der Waals surface area contributed by atoms with Crippen molar-refractivity contribution in [2.75, 3.05) is 0 Å². The first-order chi connectivity index (χ1) is 20.6. The number of nitrogens with zero attached hydrogens (tertiary/aromatic N) is 4. The van der Waals surface area contributed by atoms with Gasteiger partial charge in [-0.25, -0.2) is 15.0 Å². The van der Waals surface area contributed by atoms with Crippen molar-refractivity contribution in [2.24, 2.45) is 9.98 Å². The van der Waals surface area contributed by atoms with Crippen LogP contribution in [0.15, 0.2) is 137 Å². The Morgan fingerprint density at radius 1 is 0.619 bits per heavy atom. The number of para-hydroxylation sites is 1. The van der Waals surface area contributed by atoms with E-state index in [0.717, 1.165) is 56.3 Å². The number of imidazole rings is 1. The van der Waals surface area contributed by atoms with Crippen molar-refractivity contribution in [3.8, 4) is 16.8 Å². The molecule has 202 valence electrons. The summed E-state index contributed by atoms with van der Waals surface area (Å²) in [5, 5.41) is 3.52. The number of nitrogens with one attached hydrogen (secondary N) is 1. The van der Waals surface area contributed by atoms with Crippen molar-refractivity contribution in [3.05, 3.63) is 155 Å². The van der Waals surface area contributed by atoms with Gasteiger partial charge >= 0.3 is 0 Å². The third-order valence-electron chi connectivity index (χ3n) is 8.39. The van der Waals surface area contributed by atoms with Crippen LogP contribution in [0.3, 0.4) is 0 Å². The van der Waals surface area contributed by atoms with Crippen LogP contribution in [0.25, 0.3) is 27.8 Å². The summed E-state index contributed by atoms with van der Waals surface area (Å²) in [6.07, 6.45) is -0.322. The lowest BCUT2D eigenvalue weighted by molar-refractivity contribution is 0.621. The smallest absolute Gasteiger partial charge is 0.169 e. The fourth-order valence-corrected chi connectivity index (χ4v) is 6.20. The lowest BCUT2D eigenvalue weighted by atomic mass is 9.86. The molecular formula is C37H29N5. The molecule has 5 nitrogen and oxygen atoms in total. The van der Waals surface area contributed by atoms with Crippen molar-refractivity contribution in [3.63, 3.8) is 0 Å². The average molecular weight is 544 g/mol. The Bertz CT molecular complexity index is 2030. The Balaban J connectivity index is 1.19. The lowest BCUT2D eigenvalue weighted by Gasteiger charge is -2.22. The van der Waals surface area contributed by atoms with Crippen LogP contribution in [0.2, 0.25) is 0 Å². The first kappa shape index (κ1) is 24.5. The molecule has 1 aromatic heterocycles. The lowest BCUT2D eigenvalue weighted by Crippen LogP contribution is -2.36. The molecule has 0 spiro atoms. The fraction of sp³-hybridized carbons (Fsp3) is 0.108. The van der Waals surface area contributed by atoms with E-state index in [0.29, 0.717) is 0 Å². The molecule has 0 bridgehead atoms. The predicted molar refractivity (Wildman–Crippen MR) is 170 cm³/mol. The van der Waals surface area contributed by atoms with Crippen molar-refractivity contribution in [1.29, 1.82) is 0 Å². The highest BCUT2D eigenvalue weighted by Gasteiger charge is 2.38. The number of fused-ring (bicyclic) bond motifs is 5. The topological polar surface area (TPSA) is 54.6 Å². The van der Waals surface area contributed by atoms with Crippen LogP contribution in [0.4, 0.5) is 0 Å². The molecule has 0 radical (unpaired) electrons. The average Bonchev–Trinajstić information content (AvgIpc) is 3.54. The molecule has 0 saturated carbocycles. The fourth-order valence-electron chi connectivity index (χ4n) is 6.20. The summed E-state index contributed by atoms with van der Waals surface area (Å²) < 4.78 is 2.32. The number of hydrogen-bond acceptors (Lipinski definition) is 4. The number of aliphatic imine (C=N–C) groups is 2. The normalized spacial score (nSPS) is 16.8. The molecule has 5 aromatic carbocycles. The zero-order chi connectivity index (χ0) is 28.3. The van der Waals surface area contributed by atoms with Gasteiger partial charge < -0.3 is 5.32 Å². The molecule has 1 atom stereocenters. The standard InChI is InChI=1S/C37H29N5/c1-37(2)29-18-9-10-19-31(29)42-32-21-20-27(23-30(32)38-36(37)42)26-16-11-17-28(22-26)35-40-33(24-12-5-3-6-13-24)39-34(41-35)25-14-7-4-8-15-25/h3-23,33H,1-2H3,(H,39,40,41). The van der Waals surface area contributed by atoms with Crippen molar-refractivity contribution >= 4 is 22.7 Å². The second-order valence-corrected chi connectivity index (χ2v) is 11.4. The van der Waals surface area contributed by atoms with Gasteiger partial charge in [-0.15, -0.1) is 0 Å². The van der Waals surface area contributed by atoms with E-state index >= 15 is 0 Å². The van der Waals surface area contributed by atoms with E-state index in [9.17, 15) is 0 Å². The van der Waals surface area contributed by atoms with Gasteiger partial charge in [0.15, 0.2) is 6.17 Å². The monoisotopic (exact) mass is 543 g/mol. The van der Waals surface area contributed by atoms with Crippen LogP contribution >= 0.6 is 0 Å². The van der Waals surface area contributed by atoms with E-state index in [1.165, 1.54) is 11.3 Å². The number of hydrogen-bond donors (Lipinski definition) is 1. The van der Waals surface area contributed by atoms with Gasteiger partial charge in [0.2, 0.25) is 0 Å². The van der Waals surface area contributed by atoms with E-state index in [1.54, 1.807) is 0 Å². The van der Waals surface area contributed by atoms with Crippen LogP contribution in [0, 0.1) is 0 Å². The Morgan fingerprint density at radius 3 is 2.07 bits per heavy atom. The first-order valence-electron chi connectivity index (χ1n) is 14.3. The van der Waals surface area contributed by atoms with Gasteiger partial charge in [0.25, 0.3) is 0 Å². The van der Waals surface area contributed by atoms with E-state index in [4.69, 9.17) is 15.0 Å². The van der Waals surface area contributed by atoms with Crippen LogP contribution in [-0.2, 0) is 5.41 Å². The molecule has 3 heterocycles. The molecule has 42 heavy (non-hydrogen) atoms. The molecule has 5 heteroatoms. The first-order valence-corrected chi connectivity index (χ1v) is 14.3. The Hall–Kier alpha value is -5.29. The second kappa shape index (κ2) is 9.38. The summed E-state index contributed by atoms with van der Waals surface area (Å²) >= 11 is 0. The number of amidine groups is 2. The number of benzene rings is 5. The highest BCUT2D eigenvalue weighted by molar-refractivity contribution is 6.16. The summed E-state index contributed by atoms with van der Waals surface area (Å²) in [5.74, 6) is 2.71.